The van der Waals surface area contributed by atoms with E-state index in [1.165, 1.54) is 18.9 Å². The van der Waals surface area contributed by atoms with Gasteiger partial charge in [-0.1, -0.05) is 25.7 Å². The lowest BCUT2D eigenvalue weighted by molar-refractivity contribution is 0.0930. The van der Waals surface area contributed by atoms with Crippen molar-refractivity contribution in [3.8, 4) is 11.5 Å². The standard InChI is InChI=1S/C15H21NO3/c1-19-12-8-9-14(17)13(10-12)15(18)16-11-6-4-2-3-5-7-11/h8-11,17H,2-7H2,1H3,(H,16,18). The van der Waals surface area contributed by atoms with Crippen molar-refractivity contribution in [2.24, 2.45) is 0 Å². The second-order valence-corrected chi connectivity index (χ2v) is 5.05. The minimum absolute atomic E-state index is 0.00748. The van der Waals surface area contributed by atoms with Crippen molar-refractivity contribution >= 4 is 5.91 Å². The lowest BCUT2D eigenvalue weighted by Crippen LogP contribution is -2.34. The number of phenolic OH excluding ortho intramolecular Hbond substituents is 1. The van der Waals surface area contributed by atoms with Gasteiger partial charge >= 0.3 is 0 Å². The van der Waals surface area contributed by atoms with Gasteiger partial charge in [-0.05, 0) is 31.0 Å². The molecule has 0 aromatic heterocycles. The van der Waals surface area contributed by atoms with E-state index in [2.05, 4.69) is 5.32 Å². The first-order valence-corrected chi connectivity index (χ1v) is 6.88. The van der Waals surface area contributed by atoms with Crippen LogP contribution >= 0.6 is 0 Å². The van der Waals surface area contributed by atoms with Crippen LogP contribution in [0.2, 0.25) is 0 Å². The monoisotopic (exact) mass is 263 g/mol. The van der Waals surface area contributed by atoms with Crippen molar-refractivity contribution in [2.75, 3.05) is 7.11 Å². The van der Waals surface area contributed by atoms with E-state index < -0.39 is 0 Å². The van der Waals surface area contributed by atoms with Crippen LogP contribution in [0, 0.1) is 0 Å². The van der Waals surface area contributed by atoms with E-state index in [0.29, 0.717) is 5.75 Å². The highest BCUT2D eigenvalue weighted by Crippen LogP contribution is 2.24. The first-order valence-electron chi connectivity index (χ1n) is 6.88. The van der Waals surface area contributed by atoms with Gasteiger partial charge in [-0.2, -0.15) is 0 Å². The van der Waals surface area contributed by atoms with Crippen molar-refractivity contribution in [3.63, 3.8) is 0 Å². The number of aromatic hydroxyl groups is 1. The molecule has 0 radical (unpaired) electrons. The summed E-state index contributed by atoms with van der Waals surface area (Å²) in [6.45, 7) is 0. The molecule has 104 valence electrons. The molecule has 4 heteroatoms. The number of ether oxygens (including phenoxy) is 1. The Balaban J connectivity index is 2.06. The zero-order valence-corrected chi connectivity index (χ0v) is 11.3. The Labute approximate surface area is 113 Å². The Hall–Kier alpha value is -1.71. The Kier molecular flexibility index (Phi) is 4.66. The number of hydrogen-bond acceptors (Lipinski definition) is 3. The van der Waals surface area contributed by atoms with Crippen molar-refractivity contribution in [2.45, 2.75) is 44.6 Å². The number of carbonyl (C=O) groups is 1. The van der Waals surface area contributed by atoms with Gasteiger partial charge in [-0.3, -0.25) is 4.79 Å². The van der Waals surface area contributed by atoms with E-state index in [1.54, 1.807) is 19.2 Å². The molecule has 0 saturated heterocycles. The number of hydrogen-bond donors (Lipinski definition) is 2. The van der Waals surface area contributed by atoms with Gasteiger partial charge in [0.2, 0.25) is 0 Å². The maximum atomic E-state index is 12.2. The SMILES string of the molecule is COc1ccc(O)c(C(=O)NC2CCCCCC2)c1. The number of methoxy groups -OCH3 is 1. The second-order valence-electron chi connectivity index (χ2n) is 5.05. The summed E-state index contributed by atoms with van der Waals surface area (Å²) in [5, 5.41) is 12.8. The molecular weight excluding hydrogens is 242 g/mol. The van der Waals surface area contributed by atoms with E-state index in [4.69, 9.17) is 4.74 Å². The summed E-state index contributed by atoms with van der Waals surface area (Å²) in [6, 6.07) is 4.92. The Morgan fingerprint density at radius 3 is 2.58 bits per heavy atom. The number of phenols is 1. The normalized spacial score (nSPS) is 16.7. The molecule has 0 atom stereocenters. The zero-order chi connectivity index (χ0) is 13.7. The summed E-state index contributed by atoms with van der Waals surface area (Å²) in [7, 11) is 1.54. The van der Waals surface area contributed by atoms with Crippen LogP contribution in [0.25, 0.3) is 0 Å². The third kappa shape index (κ3) is 3.63. The van der Waals surface area contributed by atoms with E-state index in [9.17, 15) is 9.90 Å². The van der Waals surface area contributed by atoms with Crippen molar-refractivity contribution in [1.82, 2.24) is 5.32 Å². The highest BCUT2D eigenvalue weighted by molar-refractivity contribution is 5.97. The molecule has 1 amide bonds. The fraction of sp³-hybridized carbons (Fsp3) is 0.533. The molecule has 0 bridgehead atoms. The molecule has 1 fully saturated rings. The van der Waals surface area contributed by atoms with E-state index in [-0.39, 0.29) is 23.3 Å². The molecular formula is C15H21NO3. The first kappa shape index (κ1) is 13.7. The van der Waals surface area contributed by atoms with Gasteiger partial charge < -0.3 is 15.2 Å². The van der Waals surface area contributed by atoms with Crippen molar-refractivity contribution in [3.05, 3.63) is 23.8 Å². The summed E-state index contributed by atoms with van der Waals surface area (Å²) in [5.74, 6) is 0.346. The van der Waals surface area contributed by atoms with Gasteiger partial charge in [0, 0.05) is 6.04 Å². The van der Waals surface area contributed by atoms with Crippen LogP contribution < -0.4 is 10.1 Å². The smallest absolute Gasteiger partial charge is 0.255 e. The maximum Gasteiger partial charge on any atom is 0.255 e. The van der Waals surface area contributed by atoms with Crippen LogP contribution in [0.1, 0.15) is 48.9 Å². The lowest BCUT2D eigenvalue weighted by atomic mass is 10.1. The fourth-order valence-corrected chi connectivity index (χ4v) is 2.51. The maximum absolute atomic E-state index is 12.2. The minimum atomic E-state index is -0.219. The Bertz CT molecular complexity index is 437. The van der Waals surface area contributed by atoms with E-state index in [0.717, 1.165) is 25.7 Å². The molecule has 4 nitrogen and oxygen atoms in total. The largest absolute Gasteiger partial charge is 0.507 e. The van der Waals surface area contributed by atoms with Gasteiger partial charge in [0.1, 0.15) is 11.5 Å². The molecule has 19 heavy (non-hydrogen) atoms. The summed E-state index contributed by atoms with van der Waals surface area (Å²) in [6.07, 6.45) is 6.87. The molecule has 0 heterocycles. The van der Waals surface area contributed by atoms with Crippen LogP contribution in [-0.2, 0) is 0 Å². The highest BCUT2D eigenvalue weighted by Gasteiger charge is 2.18. The van der Waals surface area contributed by atoms with Crippen LogP contribution in [0.15, 0.2) is 18.2 Å². The van der Waals surface area contributed by atoms with Gasteiger partial charge in [0.25, 0.3) is 5.91 Å². The van der Waals surface area contributed by atoms with Crippen molar-refractivity contribution < 1.29 is 14.6 Å². The first-order chi connectivity index (χ1) is 9.20. The van der Waals surface area contributed by atoms with Crippen LogP contribution in [0.5, 0.6) is 11.5 Å². The van der Waals surface area contributed by atoms with Crippen LogP contribution in [0.3, 0.4) is 0 Å². The van der Waals surface area contributed by atoms with E-state index >= 15 is 0 Å². The van der Waals surface area contributed by atoms with Gasteiger partial charge in [0.05, 0.1) is 12.7 Å². The predicted molar refractivity (Wildman–Crippen MR) is 73.6 cm³/mol. The average molecular weight is 263 g/mol. The molecule has 0 unspecified atom stereocenters. The molecule has 1 saturated carbocycles. The molecule has 0 spiro atoms. The second kappa shape index (κ2) is 6.45. The summed E-state index contributed by atoms with van der Waals surface area (Å²) >= 11 is 0. The summed E-state index contributed by atoms with van der Waals surface area (Å²) in [5.41, 5.74) is 0.281. The zero-order valence-electron chi connectivity index (χ0n) is 11.3. The van der Waals surface area contributed by atoms with E-state index in [1.807, 2.05) is 0 Å². The molecule has 1 aliphatic carbocycles. The predicted octanol–water partition coefficient (Wildman–Crippen LogP) is 2.85. The van der Waals surface area contributed by atoms with Crippen molar-refractivity contribution in [1.29, 1.82) is 0 Å². The molecule has 1 aromatic rings. The van der Waals surface area contributed by atoms with Gasteiger partial charge in [0.15, 0.2) is 0 Å². The summed E-state index contributed by atoms with van der Waals surface area (Å²) < 4.78 is 5.08. The number of rotatable bonds is 3. The average Bonchev–Trinajstić information content (AvgIpc) is 2.68. The molecule has 0 aliphatic heterocycles. The van der Waals surface area contributed by atoms with Gasteiger partial charge in [-0.25, -0.2) is 0 Å². The molecule has 2 N–H and O–H groups in total. The number of carbonyl (C=O) groups excluding carboxylic acids is 1. The Morgan fingerprint density at radius 1 is 1.26 bits per heavy atom. The fourth-order valence-electron chi connectivity index (χ4n) is 2.51. The topological polar surface area (TPSA) is 58.6 Å². The number of benzene rings is 1. The molecule has 1 aliphatic rings. The molecule has 1 aromatic carbocycles. The number of nitrogens with one attached hydrogen (secondary N) is 1. The summed E-state index contributed by atoms with van der Waals surface area (Å²) in [4.78, 5) is 12.2. The Morgan fingerprint density at radius 2 is 1.95 bits per heavy atom. The third-order valence-electron chi connectivity index (χ3n) is 3.64. The number of amides is 1. The third-order valence-corrected chi connectivity index (χ3v) is 3.64. The quantitative estimate of drug-likeness (QED) is 0.824. The molecule has 2 rings (SSSR count). The highest BCUT2D eigenvalue weighted by atomic mass is 16.5. The minimum Gasteiger partial charge on any atom is -0.507 e. The van der Waals surface area contributed by atoms with Crippen LogP contribution in [0.4, 0.5) is 0 Å². The van der Waals surface area contributed by atoms with Gasteiger partial charge in [-0.15, -0.1) is 0 Å². The lowest BCUT2D eigenvalue weighted by Gasteiger charge is -2.17. The van der Waals surface area contributed by atoms with Crippen LogP contribution in [-0.4, -0.2) is 24.2 Å².